The van der Waals surface area contributed by atoms with Gasteiger partial charge in [-0.1, -0.05) is 54.4 Å². The van der Waals surface area contributed by atoms with E-state index in [9.17, 15) is 4.79 Å². The fourth-order valence-corrected chi connectivity index (χ4v) is 1.22. The summed E-state index contributed by atoms with van der Waals surface area (Å²) in [5, 5.41) is 3.00. The van der Waals surface area contributed by atoms with Gasteiger partial charge in [0.05, 0.1) is 6.04 Å². The van der Waals surface area contributed by atoms with Crippen LogP contribution in [0.15, 0.2) is 0 Å². The molecule has 0 rings (SSSR count). The van der Waals surface area contributed by atoms with Gasteiger partial charge in [0.15, 0.2) is 0 Å². The lowest BCUT2D eigenvalue weighted by molar-refractivity contribution is -0.119. The van der Waals surface area contributed by atoms with E-state index in [2.05, 4.69) is 5.32 Å². The van der Waals surface area contributed by atoms with Crippen LogP contribution in [-0.4, -0.2) is 25.4 Å². The van der Waals surface area contributed by atoms with E-state index in [0.717, 1.165) is 32.2 Å². The van der Waals surface area contributed by atoms with Crippen LogP contribution in [0, 0.1) is 0 Å². The molecular weight excluding hydrogens is 224 g/mol. The Labute approximate surface area is 116 Å². The van der Waals surface area contributed by atoms with Gasteiger partial charge in [0.25, 0.3) is 0 Å². The Balaban J connectivity index is -0.000000141. The maximum atomic E-state index is 11.0. The van der Waals surface area contributed by atoms with Crippen molar-refractivity contribution in [1.82, 2.24) is 5.32 Å². The third-order valence-corrected chi connectivity index (χ3v) is 2.04. The van der Waals surface area contributed by atoms with Crippen LogP contribution >= 0.6 is 0 Å². The largest absolute Gasteiger partial charge is 0.330 e. The summed E-state index contributed by atoms with van der Waals surface area (Å²) in [5.41, 5.74) is 5.36. The summed E-state index contributed by atoms with van der Waals surface area (Å²) in [6.45, 7) is 14.4. The molecule has 0 aliphatic rings. The maximum absolute atomic E-state index is 11.0. The van der Waals surface area contributed by atoms with Crippen LogP contribution in [0.1, 0.15) is 74.1 Å². The van der Waals surface area contributed by atoms with E-state index in [-0.39, 0.29) is 11.8 Å². The lowest BCUT2D eigenvalue weighted by atomic mass is 10.1. The molecule has 3 N–H and O–H groups in total. The van der Waals surface area contributed by atoms with Crippen molar-refractivity contribution >= 4 is 5.78 Å². The number of carbonyl (C=O) groups excluding carboxylic acids is 1. The first kappa shape index (κ1) is 26.2. The van der Waals surface area contributed by atoms with Crippen molar-refractivity contribution in [3.8, 4) is 0 Å². The van der Waals surface area contributed by atoms with Crippen LogP contribution < -0.4 is 11.1 Å². The second kappa shape index (κ2) is 30.0. The number of carbonyl (C=O) groups is 1. The predicted molar refractivity (Wildman–Crippen MR) is 85.1 cm³/mol. The van der Waals surface area contributed by atoms with Crippen molar-refractivity contribution in [2.45, 2.75) is 80.2 Å². The normalized spacial score (nSPS) is 9.61. The van der Waals surface area contributed by atoms with Crippen molar-refractivity contribution in [2.75, 3.05) is 13.6 Å². The number of likely N-dealkylation sites (N-methyl/N-ethyl adjacent to an activating group) is 1. The molecule has 0 radical (unpaired) electrons. The third kappa shape index (κ3) is 24.7. The summed E-state index contributed by atoms with van der Waals surface area (Å²) in [6, 6.07) is 0.0442. The summed E-state index contributed by atoms with van der Waals surface area (Å²) in [6.07, 6.45) is 4.21. The van der Waals surface area contributed by atoms with Gasteiger partial charge in [-0.2, -0.15) is 0 Å². The van der Waals surface area contributed by atoms with Crippen LogP contribution in [0.2, 0.25) is 0 Å². The SMILES string of the molecule is CC.CC.CC.CN[C@@H](CCCCCN)C(C)=O. The molecule has 0 bridgehead atoms. The van der Waals surface area contributed by atoms with Crippen LogP contribution in [0.3, 0.4) is 0 Å². The van der Waals surface area contributed by atoms with Gasteiger partial charge in [0.1, 0.15) is 5.78 Å². The molecular formula is C15H38N2O. The average Bonchev–Trinajstić information content (AvgIpc) is 2.45. The smallest absolute Gasteiger partial charge is 0.146 e. The van der Waals surface area contributed by atoms with Crippen LogP contribution in [0.25, 0.3) is 0 Å². The predicted octanol–water partition coefficient (Wildman–Crippen LogP) is 3.76. The Bertz CT molecular complexity index is 128. The zero-order chi connectivity index (χ0) is 15.4. The zero-order valence-electron chi connectivity index (χ0n) is 14.1. The average molecular weight is 262 g/mol. The second-order valence-electron chi connectivity index (χ2n) is 3.09. The zero-order valence-corrected chi connectivity index (χ0v) is 14.1. The second-order valence-corrected chi connectivity index (χ2v) is 3.09. The van der Waals surface area contributed by atoms with Crippen molar-refractivity contribution in [1.29, 1.82) is 0 Å². The van der Waals surface area contributed by atoms with Crippen molar-refractivity contribution < 1.29 is 4.79 Å². The lowest BCUT2D eigenvalue weighted by Gasteiger charge is -2.11. The van der Waals surface area contributed by atoms with Crippen molar-refractivity contribution in [2.24, 2.45) is 5.73 Å². The van der Waals surface area contributed by atoms with Gasteiger partial charge >= 0.3 is 0 Å². The van der Waals surface area contributed by atoms with Gasteiger partial charge in [-0.25, -0.2) is 0 Å². The van der Waals surface area contributed by atoms with Gasteiger partial charge in [-0.3, -0.25) is 4.79 Å². The number of unbranched alkanes of at least 4 members (excludes halogenated alkanes) is 2. The highest BCUT2D eigenvalue weighted by atomic mass is 16.1. The molecule has 3 nitrogen and oxygen atoms in total. The number of Topliss-reactive ketones (excluding diaryl/α,β-unsaturated/α-hetero) is 1. The quantitative estimate of drug-likeness (QED) is 0.687. The minimum Gasteiger partial charge on any atom is -0.330 e. The Morgan fingerprint density at radius 2 is 1.44 bits per heavy atom. The molecule has 0 aliphatic carbocycles. The molecule has 0 unspecified atom stereocenters. The number of hydrogen-bond donors (Lipinski definition) is 2. The molecule has 0 aliphatic heterocycles. The standard InChI is InChI=1S/C9H20N2O.3C2H6/c1-8(12)9(11-2)6-4-3-5-7-10;3*1-2/h9,11H,3-7,10H2,1-2H3;3*1-2H3/t9-;;;/m0.../s1. The minimum atomic E-state index is 0.0442. The molecule has 0 aromatic heterocycles. The Kier molecular flexibility index (Phi) is 43.7. The van der Waals surface area contributed by atoms with Crippen LogP contribution in [-0.2, 0) is 4.79 Å². The first-order chi connectivity index (χ1) is 8.72. The minimum absolute atomic E-state index is 0.0442. The first-order valence-electron chi connectivity index (χ1n) is 7.60. The molecule has 0 aromatic rings. The maximum Gasteiger partial charge on any atom is 0.146 e. The third-order valence-electron chi connectivity index (χ3n) is 2.04. The fraction of sp³-hybridized carbons (Fsp3) is 0.933. The fourth-order valence-electron chi connectivity index (χ4n) is 1.22. The van der Waals surface area contributed by atoms with E-state index in [0.29, 0.717) is 0 Å². The highest BCUT2D eigenvalue weighted by Gasteiger charge is 2.09. The Morgan fingerprint density at radius 1 is 1.00 bits per heavy atom. The van der Waals surface area contributed by atoms with Gasteiger partial charge in [-0.15, -0.1) is 0 Å². The molecule has 114 valence electrons. The molecule has 18 heavy (non-hydrogen) atoms. The highest BCUT2D eigenvalue weighted by Crippen LogP contribution is 2.03. The number of nitrogens with one attached hydrogen (secondary N) is 1. The summed E-state index contributed by atoms with van der Waals surface area (Å²) in [7, 11) is 1.83. The molecule has 3 heteroatoms. The van der Waals surface area contributed by atoms with E-state index >= 15 is 0 Å². The number of ketones is 1. The molecule has 1 atom stereocenters. The number of hydrogen-bond acceptors (Lipinski definition) is 3. The lowest BCUT2D eigenvalue weighted by Crippen LogP contribution is -2.32. The van der Waals surface area contributed by atoms with E-state index < -0.39 is 0 Å². The summed E-state index contributed by atoms with van der Waals surface area (Å²) >= 11 is 0. The van der Waals surface area contributed by atoms with Crippen LogP contribution in [0.4, 0.5) is 0 Å². The summed E-state index contributed by atoms with van der Waals surface area (Å²) < 4.78 is 0. The van der Waals surface area contributed by atoms with Gasteiger partial charge in [-0.05, 0) is 33.4 Å². The van der Waals surface area contributed by atoms with Crippen molar-refractivity contribution in [3.63, 3.8) is 0 Å². The van der Waals surface area contributed by atoms with Crippen molar-refractivity contribution in [3.05, 3.63) is 0 Å². The Morgan fingerprint density at radius 3 is 1.72 bits per heavy atom. The van der Waals surface area contributed by atoms with Gasteiger partial charge in [0.2, 0.25) is 0 Å². The molecule has 0 fully saturated rings. The molecule has 0 heterocycles. The van der Waals surface area contributed by atoms with Crippen LogP contribution in [0.5, 0.6) is 0 Å². The van der Waals surface area contributed by atoms with E-state index in [1.807, 2.05) is 48.6 Å². The highest BCUT2D eigenvalue weighted by molar-refractivity contribution is 5.81. The number of rotatable bonds is 7. The number of nitrogens with two attached hydrogens (primary N) is 1. The summed E-state index contributed by atoms with van der Waals surface area (Å²) in [5.74, 6) is 0.227. The molecule has 0 spiro atoms. The van der Waals surface area contributed by atoms with E-state index in [4.69, 9.17) is 5.73 Å². The topological polar surface area (TPSA) is 55.1 Å². The van der Waals surface area contributed by atoms with E-state index in [1.165, 1.54) is 0 Å². The molecule has 0 amide bonds. The molecule has 0 saturated carbocycles. The van der Waals surface area contributed by atoms with E-state index in [1.54, 1.807) is 6.92 Å². The van der Waals surface area contributed by atoms with Gasteiger partial charge < -0.3 is 11.1 Å². The Hall–Kier alpha value is -0.410. The molecule has 0 aromatic carbocycles. The first-order valence-corrected chi connectivity index (χ1v) is 7.60. The monoisotopic (exact) mass is 262 g/mol. The molecule has 0 saturated heterocycles. The summed E-state index contributed by atoms with van der Waals surface area (Å²) in [4.78, 5) is 11.0. The van der Waals surface area contributed by atoms with Gasteiger partial charge in [0, 0.05) is 0 Å².